The summed E-state index contributed by atoms with van der Waals surface area (Å²) in [6, 6.07) is 0. The van der Waals surface area contributed by atoms with Crippen LogP contribution >= 0.6 is 0 Å². The fourth-order valence-corrected chi connectivity index (χ4v) is 2.54. The first-order chi connectivity index (χ1) is 10.4. The number of carbonyl (C=O) groups excluding carboxylic acids is 1. The van der Waals surface area contributed by atoms with Gasteiger partial charge in [0.25, 0.3) is 0 Å². The van der Waals surface area contributed by atoms with Gasteiger partial charge in [0.15, 0.2) is 5.82 Å². The molecule has 0 saturated carbocycles. The molecule has 7 nitrogen and oxygen atoms in total. The van der Waals surface area contributed by atoms with Gasteiger partial charge in [-0.1, -0.05) is 25.9 Å². The van der Waals surface area contributed by atoms with Crippen LogP contribution in [0, 0.1) is 5.41 Å². The first-order valence-electron chi connectivity index (χ1n) is 7.54. The lowest BCUT2D eigenvalue weighted by atomic mass is 9.90. The number of amides is 1. The topological polar surface area (TPSA) is 87.9 Å². The Bertz CT molecular complexity index is 641. The summed E-state index contributed by atoms with van der Waals surface area (Å²) in [6.45, 7) is 7.12. The van der Waals surface area contributed by atoms with Crippen molar-refractivity contribution in [3.63, 3.8) is 0 Å². The van der Waals surface area contributed by atoms with Gasteiger partial charge in [-0.15, -0.1) is 0 Å². The third-order valence-corrected chi connectivity index (χ3v) is 3.85. The van der Waals surface area contributed by atoms with Crippen LogP contribution in [0.4, 0.5) is 5.69 Å². The normalized spacial score (nSPS) is 19.1. The van der Waals surface area contributed by atoms with Crippen LogP contribution in [0.5, 0.6) is 0 Å². The molecule has 1 unspecified atom stereocenters. The van der Waals surface area contributed by atoms with Gasteiger partial charge in [0.05, 0.1) is 17.8 Å². The Labute approximate surface area is 129 Å². The minimum atomic E-state index is -0.0433. The quantitative estimate of drug-likeness (QED) is 0.936. The number of aryl methyl sites for hydroxylation is 1. The lowest BCUT2D eigenvalue weighted by molar-refractivity contribution is -0.117. The summed E-state index contributed by atoms with van der Waals surface area (Å²) < 4.78 is 5.36. The van der Waals surface area contributed by atoms with Crippen molar-refractivity contribution in [1.29, 1.82) is 0 Å². The number of rotatable bonds is 4. The van der Waals surface area contributed by atoms with Gasteiger partial charge in [-0.2, -0.15) is 10.1 Å². The summed E-state index contributed by atoms with van der Waals surface area (Å²) in [7, 11) is 0. The Hall–Kier alpha value is -2.18. The summed E-state index contributed by atoms with van der Waals surface area (Å²) in [4.78, 5) is 18.3. The molecule has 0 aliphatic carbocycles. The van der Waals surface area contributed by atoms with E-state index in [0.29, 0.717) is 18.9 Å². The van der Waals surface area contributed by atoms with Crippen LogP contribution < -0.4 is 4.90 Å². The van der Waals surface area contributed by atoms with Crippen molar-refractivity contribution >= 4 is 11.6 Å². The minimum Gasteiger partial charge on any atom is -0.339 e. The standard InChI is InChI=1S/C15H21N5O2/c1-15(2,3)5-4-12-18-14(22-19-12)10-6-13(21)20(9-10)11-7-16-17-8-11/h7-8,10H,4-6,9H2,1-3H3,(H,16,17). The van der Waals surface area contributed by atoms with Crippen LogP contribution in [0.1, 0.15) is 51.2 Å². The Balaban J connectivity index is 1.66. The van der Waals surface area contributed by atoms with Crippen LogP contribution in [-0.4, -0.2) is 32.8 Å². The van der Waals surface area contributed by atoms with E-state index in [1.54, 1.807) is 17.3 Å². The Morgan fingerprint density at radius 1 is 1.45 bits per heavy atom. The zero-order chi connectivity index (χ0) is 15.7. The molecule has 2 aromatic heterocycles. The molecule has 1 aliphatic rings. The number of nitrogens with one attached hydrogen (secondary N) is 1. The number of hydrogen-bond acceptors (Lipinski definition) is 5. The van der Waals surface area contributed by atoms with Crippen molar-refractivity contribution in [2.24, 2.45) is 5.41 Å². The maximum Gasteiger partial charge on any atom is 0.232 e. The second kappa shape index (κ2) is 5.55. The highest BCUT2D eigenvalue weighted by Gasteiger charge is 2.35. The predicted molar refractivity (Wildman–Crippen MR) is 80.4 cm³/mol. The van der Waals surface area contributed by atoms with Crippen LogP contribution in [0.3, 0.4) is 0 Å². The summed E-state index contributed by atoms with van der Waals surface area (Å²) >= 11 is 0. The van der Waals surface area contributed by atoms with E-state index in [1.165, 1.54) is 0 Å². The molecule has 1 N–H and O–H groups in total. The molecule has 0 bridgehead atoms. The molecule has 1 aliphatic heterocycles. The first-order valence-corrected chi connectivity index (χ1v) is 7.54. The second-order valence-electron chi connectivity index (χ2n) is 6.97. The number of nitrogens with zero attached hydrogens (tertiary/aromatic N) is 4. The number of H-pyrrole nitrogens is 1. The van der Waals surface area contributed by atoms with Crippen LogP contribution in [-0.2, 0) is 11.2 Å². The minimum absolute atomic E-state index is 0.0433. The molecule has 3 heterocycles. The molecule has 3 rings (SSSR count). The van der Waals surface area contributed by atoms with Gasteiger partial charge in [0.2, 0.25) is 11.8 Å². The predicted octanol–water partition coefficient (Wildman–Crippen LogP) is 2.29. The zero-order valence-electron chi connectivity index (χ0n) is 13.2. The molecule has 0 aromatic carbocycles. The van der Waals surface area contributed by atoms with E-state index in [1.807, 2.05) is 0 Å². The van der Waals surface area contributed by atoms with Gasteiger partial charge in [-0.25, -0.2) is 0 Å². The monoisotopic (exact) mass is 303 g/mol. The van der Waals surface area contributed by atoms with Crippen molar-refractivity contribution in [3.8, 4) is 0 Å². The number of aromatic amines is 1. The lowest BCUT2D eigenvalue weighted by Crippen LogP contribution is -2.23. The molecule has 1 fully saturated rings. The Morgan fingerprint density at radius 2 is 2.27 bits per heavy atom. The molecule has 118 valence electrons. The molecular weight excluding hydrogens is 282 g/mol. The SMILES string of the molecule is CC(C)(C)CCc1noc(C2CC(=O)N(c3cn[nH]c3)C2)n1. The summed E-state index contributed by atoms with van der Waals surface area (Å²) in [5.41, 5.74) is 1.02. The van der Waals surface area contributed by atoms with E-state index >= 15 is 0 Å². The third kappa shape index (κ3) is 3.18. The summed E-state index contributed by atoms with van der Waals surface area (Å²) in [6.07, 6.45) is 5.54. The zero-order valence-corrected chi connectivity index (χ0v) is 13.2. The van der Waals surface area contributed by atoms with E-state index in [4.69, 9.17) is 4.52 Å². The van der Waals surface area contributed by atoms with E-state index < -0.39 is 0 Å². The number of carbonyl (C=O) groups is 1. The fourth-order valence-electron chi connectivity index (χ4n) is 2.54. The van der Waals surface area contributed by atoms with Gasteiger partial charge in [-0.05, 0) is 11.8 Å². The Kier molecular flexibility index (Phi) is 3.72. The molecule has 0 spiro atoms. The smallest absolute Gasteiger partial charge is 0.232 e. The van der Waals surface area contributed by atoms with Gasteiger partial charge >= 0.3 is 0 Å². The van der Waals surface area contributed by atoms with Gasteiger partial charge in [0.1, 0.15) is 0 Å². The first kappa shape index (κ1) is 14.7. The maximum atomic E-state index is 12.1. The van der Waals surface area contributed by atoms with Crippen LogP contribution in [0.2, 0.25) is 0 Å². The summed E-state index contributed by atoms with van der Waals surface area (Å²) in [5, 5.41) is 10.6. The van der Waals surface area contributed by atoms with Gasteiger partial charge in [0, 0.05) is 25.6 Å². The molecule has 1 atom stereocenters. The fraction of sp³-hybridized carbons (Fsp3) is 0.600. The van der Waals surface area contributed by atoms with Crippen LogP contribution in [0.15, 0.2) is 16.9 Å². The lowest BCUT2D eigenvalue weighted by Gasteiger charge is -2.15. The second-order valence-corrected chi connectivity index (χ2v) is 6.97. The van der Waals surface area contributed by atoms with E-state index in [0.717, 1.165) is 24.4 Å². The van der Waals surface area contributed by atoms with Crippen molar-refractivity contribution in [1.82, 2.24) is 20.3 Å². The van der Waals surface area contributed by atoms with Crippen molar-refractivity contribution in [2.45, 2.75) is 46.0 Å². The van der Waals surface area contributed by atoms with Crippen molar-refractivity contribution in [3.05, 3.63) is 24.1 Å². The van der Waals surface area contributed by atoms with E-state index in [9.17, 15) is 4.79 Å². The highest BCUT2D eigenvalue weighted by atomic mass is 16.5. The molecule has 1 amide bonds. The number of aromatic nitrogens is 4. The number of anilines is 1. The molecule has 22 heavy (non-hydrogen) atoms. The van der Waals surface area contributed by atoms with Crippen molar-refractivity contribution < 1.29 is 9.32 Å². The van der Waals surface area contributed by atoms with Crippen LogP contribution in [0.25, 0.3) is 0 Å². The third-order valence-electron chi connectivity index (χ3n) is 3.85. The van der Waals surface area contributed by atoms with E-state index in [-0.39, 0.29) is 17.2 Å². The van der Waals surface area contributed by atoms with Gasteiger partial charge < -0.3 is 9.42 Å². The maximum absolute atomic E-state index is 12.1. The highest BCUT2D eigenvalue weighted by Crippen LogP contribution is 2.30. The van der Waals surface area contributed by atoms with Crippen molar-refractivity contribution in [2.75, 3.05) is 11.4 Å². The molecule has 0 radical (unpaired) electrons. The Morgan fingerprint density at radius 3 is 2.95 bits per heavy atom. The summed E-state index contributed by atoms with van der Waals surface area (Å²) in [5.74, 6) is 1.29. The van der Waals surface area contributed by atoms with Gasteiger partial charge in [-0.3, -0.25) is 9.89 Å². The molecular formula is C15H21N5O2. The van der Waals surface area contributed by atoms with E-state index in [2.05, 4.69) is 41.1 Å². The average molecular weight is 303 g/mol. The largest absolute Gasteiger partial charge is 0.339 e. The molecule has 2 aromatic rings. The average Bonchev–Trinajstić information content (AvgIpc) is 3.15. The molecule has 7 heteroatoms. The number of hydrogen-bond donors (Lipinski definition) is 1. The molecule has 1 saturated heterocycles. The highest BCUT2D eigenvalue weighted by molar-refractivity contribution is 5.96.